The van der Waals surface area contributed by atoms with E-state index in [0.717, 1.165) is 30.0 Å². The van der Waals surface area contributed by atoms with Gasteiger partial charge in [-0.15, -0.1) is 0 Å². The Bertz CT molecular complexity index is 775. The van der Waals surface area contributed by atoms with Gasteiger partial charge in [0.05, 0.1) is 0 Å². The number of likely N-dealkylation sites (tertiary alicyclic amines) is 1. The maximum Gasteiger partial charge on any atom is 0.263 e. The Morgan fingerprint density at radius 1 is 1.16 bits per heavy atom. The molecule has 132 valence electrons. The third-order valence-electron chi connectivity index (χ3n) is 5.34. The van der Waals surface area contributed by atoms with Crippen LogP contribution in [0.4, 0.5) is 0 Å². The number of carbonyl (C=O) groups excluding carboxylic acids is 1. The van der Waals surface area contributed by atoms with Gasteiger partial charge in [-0.1, -0.05) is 11.2 Å². The quantitative estimate of drug-likeness (QED) is 0.840. The van der Waals surface area contributed by atoms with Gasteiger partial charge >= 0.3 is 0 Å². The number of piperidine rings is 1. The lowest BCUT2D eigenvalue weighted by Crippen LogP contribution is -2.45. The molecule has 1 aromatic carbocycles. The Morgan fingerprint density at radius 3 is 2.56 bits per heavy atom. The van der Waals surface area contributed by atoms with E-state index in [1.807, 2.05) is 11.0 Å². The van der Waals surface area contributed by atoms with Crippen LogP contribution in [0, 0.1) is 20.8 Å². The minimum Gasteiger partial charge on any atom is -0.480 e. The van der Waals surface area contributed by atoms with E-state index in [-0.39, 0.29) is 17.9 Å². The molecule has 6 nitrogen and oxygen atoms in total. The average Bonchev–Trinajstić information content (AvgIpc) is 3.21. The van der Waals surface area contributed by atoms with E-state index in [1.165, 1.54) is 11.1 Å². The fourth-order valence-corrected chi connectivity index (χ4v) is 3.69. The first kappa shape index (κ1) is 16.1. The van der Waals surface area contributed by atoms with Crippen molar-refractivity contribution in [1.82, 2.24) is 15.0 Å². The third kappa shape index (κ3) is 3.01. The number of nitrogens with zero attached hydrogens (tertiary/aromatic N) is 3. The SMILES string of the molecule is Cc1nc(C2CCN(C(=O)[C@@H]3Cc4cc(C)c(C)cc4O3)CC2)no1. The maximum absolute atomic E-state index is 12.8. The number of rotatable bonds is 2. The van der Waals surface area contributed by atoms with Crippen molar-refractivity contribution in [3.05, 3.63) is 40.5 Å². The van der Waals surface area contributed by atoms with E-state index in [0.29, 0.717) is 25.4 Å². The van der Waals surface area contributed by atoms with Gasteiger partial charge in [-0.2, -0.15) is 4.98 Å². The molecule has 1 aromatic heterocycles. The third-order valence-corrected chi connectivity index (χ3v) is 5.34. The van der Waals surface area contributed by atoms with Crippen LogP contribution in [0.1, 0.15) is 47.2 Å². The topological polar surface area (TPSA) is 68.5 Å². The summed E-state index contributed by atoms with van der Waals surface area (Å²) >= 11 is 0. The van der Waals surface area contributed by atoms with Crippen molar-refractivity contribution in [1.29, 1.82) is 0 Å². The van der Waals surface area contributed by atoms with Crippen molar-refractivity contribution in [2.45, 2.75) is 52.1 Å². The molecule has 0 aliphatic carbocycles. The first-order valence-corrected chi connectivity index (χ1v) is 8.87. The smallest absolute Gasteiger partial charge is 0.263 e. The molecule has 0 bridgehead atoms. The molecular weight excluding hydrogens is 318 g/mol. The molecule has 1 fully saturated rings. The molecule has 2 aliphatic heterocycles. The number of amides is 1. The fraction of sp³-hybridized carbons (Fsp3) is 0.526. The van der Waals surface area contributed by atoms with E-state index in [4.69, 9.17) is 9.26 Å². The Hall–Kier alpha value is -2.37. The number of carbonyl (C=O) groups is 1. The second-order valence-electron chi connectivity index (χ2n) is 7.13. The molecule has 6 heteroatoms. The molecule has 2 aromatic rings. The zero-order valence-electron chi connectivity index (χ0n) is 14.9. The van der Waals surface area contributed by atoms with Gasteiger partial charge in [-0.3, -0.25) is 4.79 Å². The second-order valence-corrected chi connectivity index (χ2v) is 7.13. The number of benzene rings is 1. The summed E-state index contributed by atoms with van der Waals surface area (Å²) in [4.78, 5) is 19.1. The van der Waals surface area contributed by atoms with Crippen molar-refractivity contribution >= 4 is 5.91 Å². The molecular formula is C19H23N3O3. The predicted octanol–water partition coefficient (Wildman–Crippen LogP) is 2.70. The fourth-order valence-electron chi connectivity index (χ4n) is 3.69. The summed E-state index contributed by atoms with van der Waals surface area (Å²) in [5, 5.41) is 4.02. The second kappa shape index (κ2) is 6.17. The van der Waals surface area contributed by atoms with Gasteiger partial charge in [0.15, 0.2) is 11.9 Å². The molecule has 0 radical (unpaired) electrons. The van der Waals surface area contributed by atoms with Crippen molar-refractivity contribution in [3.8, 4) is 5.75 Å². The highest BCUT2D eigenvalue weighted by Gasteiger charge is 2.35. The Balaban J connectivity index is 1.38. The maximum atomic E-state index is 12.8. The van der Waals surface area contributed by atoms with Gasteiger partial charge in [0.2, 0.25) is 5.89 Å². The minimum absolute atomic E-state index is 0.0919. The molecule has 0 N–H and O–H groups in total. The van der Waals surface area contributed by atoms with Gasteiger partial charge in [0.25, 0.3) is 5.91 Å². The van der Waals surface area contributed by atoms with Crippen LogP contribution in [0.2, 0.25) is 0 Å². The molecule has 1 atom stereocenters. The summed E-state index contributed by atoms with van der Waals surface area (Å²) in [5.41, 5.74) is 3.58. The van der Waals surface area contributed by atoms with E-state index >= 15 is 0 Å². The van der Waals surface area contributed by atoms with Crippen LogP contribution in [0.25, 0.3) is 0 Å². The van der Waals surface area contributed by atoms with Crippen molar-refractivity contribution in [2.75, 3.05) is 13.1 Å². The highest BCUT2D eigenvalue weighted by atomic mass is 16.5. The highest BCUT2D eigenvalue weighted by molar-refractivity contribution is 5.82. The van der Waals surface area contributed by atoms with Gasteiger partial charge in [-0.25, -0.2) is 0 Å². The zero-order chi connectivity index (χ0) is 17.6. The molecule has 2 aliphatic rings. The van der Waals surface area contributed by atoms with Gasteiger partial charge in [-0.05, 0) is 49.4 Å². The Labute approximate surface area is 147 Å². The first-order chi connectivity index (χ1) is 12.0. The van der Waals surface area contributed by atoms with Crippen LogP contribution in [0.3, 0.4) is 0 Å². The largest absolute Gasteiger partial charge is 0.480 e. The van der Waals surface area contributed by atoms with Crippen LogP contribution < -0.4 is 4.74 Å². The highest BCUT2D eigenvalue weighted by Crippen LogP contribution is 2.33. The van der Waals surface area contributed by atoms with Crippen LogP contribution in [0.5, 0.6) is 5.75 Å². The number of hydrogen-bond donors (Lipinski definition) is 0. The van der Waals surface area contributed by atoms with E-state index in [2.05, 4.69) is 30.1 Å². The number of fused-ring (bicyclic) bond motifs is 1. The van der Waals surface area contributed by atoms with Gasteiger partial charge < -0.3 is 14.2 Å². The Kier molecular flexibility index (Phi) is 3.98. The molecule has 0 spiro atoms. The number of aromatic nitrogens is 2. The Morgan fingerprint density at radius 2 is 1.88 bits per heavy atom. The lowest BCUT2D eigenvalue weighted by molar-refractivity contribution is -0.139. The minimum atomic E-state index is -0.389. The monoisotopic (exact) mass is 341 g/mol. The molecule has 0 unspecified atom stereocenters. The first-order valence-electron chi connectivity index (χ1n) is 8.87. The van der Waals surface area contributed by atoms with Crippen LogP contribution in [0.15, 0.2) is 16.7 Å². The standard InChI is InChI=1S/C19H23N3O3/c1-11-8-15-10-17(24-16(15)9-12(11)2)19(23)22-6-4-14(5-7-22)18-20-13(3)25-21-18/h8-9,14,17H,4-7,10H2,1-3H3/t17-/m0/s1. The van der Waals surface area contributed by atoms with Crippen molar-refractivity contribution in [3.63, 3.8) is 0 Å². The summed E-state index contributed by atoms with van der Waals surface area (Å²) in [6.45, 7) is 7.39. The molecule has 4 rings (SSSR count). The zero-order valence-corrected chi connectivity index (χ0v) is 14.9. The molecule has 0 saturated carbocycles. The summed E-state index contributed by atoms with van der Waals surface area (Å²) < 4.78 is 11.0. The van der Waals surface area contributed by atoms with Gasteiger partial charge in [0.1, 0.15) is 5.75 Å². The summed E-state index contributed by atoms with van der Waals surface area (Å²) in [5.74, 6) is 2.58. The number of ether oxygens (including phenoxy) is 1. The summed E-state index contributed by atoms with van der Waals surface area (Å²) in [6.07, 6.45) is 2.00. The van der Waals surface area contributed by atoms with E-state index in [9.17, 15) is 4.79 Å². The van der Waals surface area contributed by atoms with E-state index in [1.54, 1.807) is 6.92 Å². The molecule has 1 saturated heterocycles. The number of hydrogen-bond acceptors (Lipinski definition) is 5. The van der Waals surface area contributed by atoms with Crippen molar-refractivity contribution in [2.24, 2.45) is 0 Å². The van der Waals surface area contributed by atoms with Crippen LogP contribution in [-0.4, -0.2) is 40.1 Å². The lowest BCUT2D eigenvalue weighted by atomic mass is 9.95. The van der Waals surface area contributed by atoms with Gasteiger partial charge in [0, 0.05) is 32.4 Å². The number of aryl methyl sites for hydroxylation is 3. The predicted molar refractivity (Wildman–Crippen MR) is 91.6 cm³/mol. The normalized spacial score (nSPS) is 20.4. The average molecular weight is 341 g/mol. The molecule has 3 heterocycles. The molecule has 1 amide bonds. The van der Waals surface area contributed by atoms with Crippen molar-refractivity contribution < 1.29 is 14.1 Å². The lowest BCUT2D eigenvalue weighted by Gasteiger charge is -2.32. The summed E-state index contributed by atoms with van der Waals surface area (Å²) in [7, 11) is 0. The van der Waals surface area contributed by atoms with Crippen LogP contribution >= 0.6 is 0 Å². The summed E-state index contributed by atoms with van der Waals surface area (Å²) in [6, 6.07) is 4.19. The van der Waals surface area contributed by atoms with Crippen LogP contribution in [-0.2, 0) is 11.2 Å². The molecule has 25 heavy (non-hydrogen) atoms. The van der Waals surface area contributed by atoms with E-state index < -0.39 is 0 Å².